The van der Waals surface area contributed by atoms with Crippen LogP contribution < -0.4 is 0 Å². The molecule has 0 heterocycles. The van der Waals surface area contributed by atoms with Gasteiger partial charge >= 0.3 is 0 Å². The van der Waals surface area contributed by atoms with Crippen molar-refractivity contribution in [1.82, 2.24) is 0 Å². The van der Waals surface area contributed by atoms with Crippen LogP contribution >= 0.6 is 34.3 Å². The van der Waals surface area contributed by atoms with E-state index >= 15 is 0 Å². The van der Waals surface area contributed by atoms with Crippen LogP contribution in [0.5, 0.6) is 0 Å². The summed E-state index contributed by atoms with van der Waals surface area (Å²) in [6, 6.07) is 0. The second-order valence-corrected chi connectivity index (χ2v) is 1.84. The molecule has 0 N–H and O–H groups in total. The summed E-state index contributed by atoms with van der Waals surface area (Å²) < 4.78 is 0. The van der Waals surface area contributed by atoms with Gasteiger partial charge in [0.1, 0.15) is 9.55 Å². The van der Waals surface area contributed by atoms with E-state index < -0.39 is 0 Å². The van der Waals surface area contributed by atoms with E-state index in [0.717, 1.165) is 34.2 Å². The number of rotatable bonds is 3. The normalized spacial score (nSPS) is 7.88. The molecule has 4 heteroatoms. The zero-order valence-corrected chi connectivity index (χ0v) is 9.23. The highest BCUT2D eigenvalue weighted by molar-refractivity contribution is 6.80. The zero-order chi connectivity index (χ0) is 6.83. The monoisotopic (exact) mass is 192 g/mol. The molecule has 0 atom stereocenters. The van der Waals surface area contributed by atoms with E-state index in [1.54, 1.807) is 0 Å². The number of halogens is 3. The van der Waals surface area contributed by atoms with Crippen molar-refractivity contribution in [2.75, 3.05) is 11.8 Å². The molecule has 0 spiro atoms. The third-order valence-corrected chi connectivity index (χ3v) is 1.05. The first-order chi connectivity index (χ1) is 3.91. The Hall–Kier alpha value is 1.09. The number of unbranched alkanes of at least 4 members (excludes halogenated alkanes) is 1. The summed E-state index contributed by atoms with van der Waals surface area (Å²) in [7, 11) is 0.778. The second kappa shape index (κ2) is 15.7. The van der Waals surface area contributed by atoms with Gasteiger partial charge in [0.2, 0.25) is 0 Å². The van der Waals surface area contributed by atoms with Crippen LogP contribution in [0.2, 0.25) is 0 Å². The first kappa shape index (κ1) is 11.8. The minimum absolute atomic E-state index is 0.743. The fraction of sp³-hybridized carbons (Fsp3) is 1.00. The Morgan fingerprint density at radius 3 is 1.25 bits per heavy atom. The van der Waals surface area contributed by atoms with Crippen molar-refractivity contribution in [2.24, 2.45) is 0 Å². The van der Waals surface area contributed by atoms with Crippen LogP contribution in [-0.2, 0) is 0 Å². The van der Waals surface area contributed by atoms with Crippen LogP contribution in [-0.4, -0.2) is 21.3 Å². The Morgan fingerprint density at radius 2 is 1.12 bits per heavy atom. The Morgan fingerprint density at radius 1 is 0.875 bits per heavy atom. The lowest BCUT2D eigenvalue weighted by Gasteiger charge is -1.83. The molecule has 0 aliphatic heterocycles. The number of hydrogen-bond donors (Lipinski definition) is 0. The Kier molecular flexibility index (Phi) is 23.2. The minimum Gasteiger partial charge on any atom is -0.181 e. The van der Waals surface area contributed by atoms with E-state index in [1.807, 2.05) is 0 Å². The average Bonchev–Trinajstić information content (AvgIpc) is 1.88. The molecule has 0 unspecified atom stereocenters. The Balaban J connectivity index is 0. The largest absolute Gasteiger partial charge is 0.181 e. The van der Waals surface area contributed by atoms with Crippen LogP contribution in [0, 0.1) is 0 Å². The molecule has 52 valence electrons. The fourth-order valence-electron chi connectivity index (χ4n) is 0.189. The molecule has 8 heavy (non-hydrogen) atoms. The second-order valence-electron chi connectivity index (χ2n) is 1.09. The summed E-state index contributed by atoms with van der Waals surface area (Å²) in [5, 5.41) is 0. The molecule has 0 aliphatic rings. The molecule has 0 saturated carbocycles. The van der Waals surface area contributed by atoms with Crippen LogP contribution in [0.1, 0.15) is 12.8 Å². The van der Waals surface area contributed by atoms with Gasteiger partial charge in [-0.2, -0.15) is 11.1 Å². The maximum atomic E-state index is 5.32. The molecule has 0 rings (SSSR count). The number of hydrogen-bond acceptors (Lipinski definition) is 0. The fourth-order valence-corrected chi connectivity index (χ4v) is 0.567. The molecule has 0 amide bonds. The summed E-state index contributed by atoms with van der Waals surface area (Å²) in [6.45, 7) is 0. The van der Waals surface area contributed by atoms with Gasteiger partial charge in [-0.05, 0) is 12.8 Å². The van der Waals surface area contributed by atoms with Crippen molar-refractivity contribution in [2.45, 2.75) is 12.8 Å². The molecule has 0 saturated heterocycles. The van der Waals surface area contributed by atoms with Crippen molar-refractivity contribution >= 4 is 43.8 Å². The molecular formula is C4H11Cl3Si. The molecule has 0 aromatic rings. The van der Waals surface area contributed by atoms with Gasteiger partial charge in [0.15, 0.2) is 0 Å². The topological polar surface area (TPSA) is 0 Å². The van der Waals surface area contributed by atoms with Gasteiger partial charge in [-0.3, -0.25) is 0 Å². The summed E-state index contributed by atoms with van der Waals surface area (Å²) in [6.07, 6.45) is 2.09. The highest BCUT2D eigenvalue weighted by atomic mass is 35.6. The smallest absolute Gasteiger partial charge is 0.109 e. The van der Waals surface area contributed by atoms with E-state index in [2.05, 4.69) is 0 Å². The molecule has 0 aromatic heterocycles. The maximum Gasteiger partial charge on any atom is 0.109 e. The molecule has 0 radical (unpaired) electrons. The quantitative estimate of drug-likeness (QED) is 0.277. The lowest BCUT2D eigenvalue weighted by Crippen LogP contribution is -1.74. The van der Waals surface area contributed by atoms with E-state index in [4.69, 9.17) is 34.3 Å². The van der Waals surface area contributed by atoms with Crippen LogP contribution in [0.3, 0.4) is 0 Å². The molecule has 0 aromatic carbocycles. The highest BCUT2D eigenvalue weighted by Gasteiger charge is 1.78. The van der Waals surface area contributed by atoms with Gasteiger partial charge in [0.05, 0.1) is 0 Å². The van der Waals surface area contributed by atoms with Gasteiger partial charge < -0.3 is 0 Å². The minimum atomic E-state index is 0.743. The summed E-state index contributed by atoms with van der Waals surface area (Å²) in [5.74, 6) is 1.49. The van der Waals surface area contributed by atoms with Gasteiger partial charge in [-0.1, -0.05) is 0 Å². The SMILES string of the molecule is ClCCCCCl.[SiH3]Cl. The van der Waals surface area contributed by atoms with Crippen molar-refractivity contribution < 1.29 is 0 Å². The lowest BCUT2D eigenvalue weighted by molar-refractivity contribution is 0.899. The third-order valence-electron chi connectivity index (χ3n) is 0.517. The van der Waals surface area contributed by atoms with Crippen molar-refractivity contribution in [3.05, 3.63) is 0 Å². The van der Waals surface area contributed by atoms with Crippen molar-refractivity contribution in [1.29, 1.82) is 0 Å². The summed E-state index contributed by atoms with van der Waals surface area (Å²) >= 11 is 15.4. The standard InChI is InChI=1S/C4H8Cl2.ClH3Si/c5-3-1-2-4-6;1-2/h1-4H2;2H3. The summed E-state index contributed by atoms with van der Waals surface area (Å²) in [5.41, 5.74) is 0. The van der Waals surface area contributed by atoms with E-state index in [-0.39, 0.29) is 0 Å². The van der Waals surface area contributed by atoms with E-state index in [1.165, 1.54) is 0 Å². The predicted octanol–water partition coefficient (Wildman–Crippen LogP) is 1.75. The molecular weight excluding hydrogens is 182 g/mol. The van der Waals surface area contributed by atoms with Crippen LogP contribution in [0.15, 0.2) is 0 Å². The Labute approximate surface area is 68.6 Å². The highest BCUT2D eigenvalue weighted by Crippen LogP contribution is 1.92. The number of alkyl halides is 2. The average molecular weight is 194 g/mol. The van der Waals surface area contributed by atoms with E-state index in [9.17, 15) is 0 Å². The van der Waals surface area contributed by atoms with Gasteiger partial charge in [-0.15, -0.1) is 23.2 Å². The van der Waals surface area contributed by atoms with Crippen molar-refractivity contribution in [3.63, 3.8) is 0 Å². The predicted molar refractivity (Wildman–Crippen MR) is 46.5 cm³/mol. The Bertz CT molecular complexity index is 23.2. The van der Waals surface area contributed by atoms with Gasteiger partial charge in [0.25, 0.3) is 0 Å². The molecule has 0 fully saturated rings. The first-order valence-electron chi connectivity index (χ1n) is 2.41. The maximum absolute atomic E-state index is 5.32. The van der Waals surface area contributed by atoms with Gasteiger partial charge in [-0.25, -0.2) is 0 Å². The van der Waals surface area contributed by atoms with Crippen molar-refractivity contribution in [3.8, 4) is 0 Å². The first-order valence-corrected chi connectivity index (χ1v) is 6.51. The van der Waals surface area contributed by atoms with E-state index in [0.29, 0.717) is 0 Å². The molecule has 0 nitrogen and oxygen atoms in total. The van der Waals surface area contributed by atoms with Crippen LogP contribution in [0.4, 0.5) is 0 Å². The zero-order valence-electron chi connectivity index (χ0n) is 4.96. The summed E-state index contributed by atoms with van der Waals surface area (Å²) in [4.78, 5) is 0. The third kappa shape index (κ3) is 15.7. The van der Waals surface area contributed by atoms with Gasteiger partial charge in [0, 0.05) is 11.8 Å². The molecule has 0 bridgehead atoms. The lowest BCUT2D eigenvalue weighted by atomic mass is 10.4. The molecule has 0 aliphatic carbocycles. The van der Waals surface area contributed by atoms with Crippen LogP contribution in [0.25, 0.3) is 0 Å².